The van der Waals surface area contributed by atoms with Gasteiger partial charge in [0.15, 0.2) is 0 Å². The third-order valence-corrected chi connectivity index (χ3v) is 1.72. The van der Waals surface area contributed by atoms with Crippen molar-refractivity contribution in [1.82, 2.24) is 9.55 Å². The molecule has 0 atom stereocenters. The summed E-state index contributed by atoms with van der Waals surface area (Å²) in [5.74, 6) is -0.143. The van der Waals surface area contributed by atoms with Crippen molar-refractivity contribution in [2.24, 2.45) is 0 Å². The first-order chi connectivity index (χ1) is 7.74. The van der Waals surface area contributed by atoms with Crippen molar-refractivity contribution in [3.8, 4) is 5.75 Å². The lowest BCUT2D eigenvalue weighted by Crippen LogP contribution is -2.37. The van der Waals surface area contributed by atoms with Crippen molar-refractivity contribution in [2.45, 2.75) is 26.4 Å². The summed E-state index contributed by atoms with van der Waals surface area (Å²) in [5.41, 5.74) is -2.30. The summed E-state index contributed by atoms with van der Waals surface area (Å²) >= 11 is 0. The van der Waals surface area contributed by atoms with Gasteiger partial charge >= 0.3 is 11.8 Å². The molecule has 0 spiro atoms. The van der Waals surface area contributed by atoms with Crippen molar-refractivity contribution in [2.75, 3.05) is 7.11 Å². The Morgan fingerprint density at radius 1 is 1.35 bits per heavy atom. The molecule has 17 heavy (non-hydrogen) atoms. The second-order valence-corrected chi connectivity index (χ2v) is 4.31. The molecule has 1 N–H and O–H groups in total. The highest BCUT2D eigenvalue weighted by Gasteiger charge is 2.19. The Morgan fingerprint density at radius 3 is 2.41 bits per heavy atom. The molecule has 1 heterocycles. The Hall–Kier alpha value is -2.05. The van der Waals surface area contributed by atoms with Crippen LogP contribution < -0.4 is 16.0 Å². The van der Waals surface area contributed by atoms with Crippen molar-refractivity contribution >= 4 is 6.09 Å². The van der Waals surface area contributed by atoms with E-state index in [1.54, 1.807) is 20.8 Å². The maximum atomic E-state index is 11.6. The van der Waals surface area contributed by atoms with Gasteiger partial charge in [0.1, 0.15) is 5.60 Å². The summed E-state index contributed by atoms with van der Waals surface area (Å²) in [6.07, 6.45) is 0.118. The van der Waals surface area contributed by atoms with Crippen LogP contribution >= 0.6 is 0 Å². The van der Waals surface area contributed by atoms with E-state index < -0.39 is 22.9 Å². The van der Waals surface area contributed by atoms with Crippen molar-refractivity contribution in [3.05, 3.63) is 27.0 Å². The number of nitrogens with one attached hydrogen (secondary N) is 1. The summed E-state index contributed by atoms with van der Waals surface area (Å²) in [7, 11) is 1.26. The Morgan fingerprint density at radius 2 is 1.94 bits per heavy atom. The minimum Gasteiger partial charge on any atom is -0.490 e. The summed E-state index contributed by atoms with van der Waals surface area (Å²) in [5, 5.41) is 0. The van der Waals surface area contributed by atoms with Crippen molar-refractivity contribution < 1.29 is 14.3 Å². The average molecular weight is 242 g/mol. The summed E-state index contributed by atoms with van der Waals surface area (Å²) in [6.45, 7) is 5.00. The van der Waals surface area contributed by atoms with Crippen LogP contribution in [0.3, 0.4) is 0 Å². The maximum absolute atomic E-state index is 11.6. The first kappa shape index (κ1) is 13.0. The zero-order valence-electron chi connectivity index (χ0n) is 10.1. The molecule has 0 radical (unpaired) electrons. The Labute approximate surface area is 97.0 Å². The van der Waals surface area contributed by atoms with Crippen LogP contribution in [-0.2, 0) is 4.74 Å². The van der Waals surface area contributed by atoms with Gasteiger partial charge in [-0.25, -0.2) is 9.59 Å². The minimum atomic E-state index is -0.878. The number of aromatic nitrogens is 2. The molecule has 0 saturated heterocycles. The fourth-order valence-corrected chi connectivity index (χ4v) is 1.05. The van der Waals surface area contributed by atoms with Crippen LogP contribution in [0.25, 0.3) is 0 Å². The van der Waals surface area contributed by atoms with Gasteiger partial charge in [0.05, 0.1) is 13.3 Å². The predicted molar refractivity (Wildman–Crippen MR) is 59.5 cm³/mol. The molecule has 0 bridgehead atoms. The first-order valence-electron chi connectivity index (χ1n) is 4.88. The third kappa shape index (κ3) is 3.20. The number of carbonyl (C=O) groups is 1. The number of hydrogen-bond acceptors (Lipinski definition) is 5. The molecule has 7 heteroatoms. The molecule has 1 rings (SSSR count). The first-order valence-corrected chi connectivity index (χ1v) is 4.88. The van der Waals surface area contributed by atoms with Gasteiger partial charge in [-0.1, -0.05) is 0 Å². The van der Waals surface area contributed by atoms with Gasteiger partial charge in [-0.3, -0.25) is 9.78 Å². The molecule has 1 aromatic rings. The molecule has 0 unspecified atom stereocenters. The van der Waals surface area contributed by atoms with E-state index in [9.17, 15) is 14.4 Å². The summed E-state index contributed by atoms with van der Waals surface area (Å²) in [6, 6.07) is 0. The summed E-state index contributed by atoms with van der Waals surface area (Å²) in [4.78, 5) is 36.1. The van der Waals surface area contributed by atoms with Gasteiger partial charge < -0.3 is 9.47 Å². The SMILES string of the molecule is COc1cn(C(=O)OC(C)(C)C)c(=O)[nH]c1=O. The molecule has 0 saturated carbocycles. The number of hydrogen-bond donors (Lipinski definition) is 1. The highest BCUT2D eigenvalue weighted by molar-refractivity contribution is 5.70. The number of H-pyrrole nitrogens is 1. The van der Waals surface area contributed by atoms with Gasteiger partial charge in [-0.15, -0.1) is 0 Å². The number of nitrogens with zero attached hydrogens (tertiary/aromatic N) is 1. The van der Waals surface area contributed by atoms with E-state index in [0.717, 1.165) is 6.20 Å². The average Bonchev–Trinajstić information content (AvgIpc) is 2.14. The lowest BCUT2D eigenvalue weighted by molar-refractivity contribution is 0.0526. The van der Waals surface area contributed by atoms with Gasteiger partial charge in [0.25, 0.3) is 5.56 Å². The molecule has 0 aliphatic carbocycles. The zero-order chi connectivity index (χ0) is 13.2. The van der Waals surface area contributed by atoms with Crippen LogP contribution in [0.4, 0.5) is 4.79 Å². The minimum absolute atomic E-state index is 0.143. The highest BCUT2D eigenvalue weighted by Crippen LogP contribution is 2.08. The molecule has 94 valence electrons. The third-order valence-electron chi connectivity index (χ3n) is 1.72. The molecule has 0 amide bonds. The number of carbonyl (C=O) groups excluding carboxylic acids is 1. The van der Waals surface area contributed by atoms with E-state index in [0.29, 0.717) is 4.57 Å². The lowest BCUT2D eigenvalue weighted by Gasteiger charge is -2.19. The van der Waals surface area contributed by atoms with Gasteiger partial charge in [-0.2, -0.15) is 4.57 Å². The smallest absolute Gasteiger partial charge is 0.422 e. The Bertz CT molecular complexity index is 535. The molecule has 0 aliphatic rings. The Kier molecular flexibility index (Phi) is 3.40. The zero-order valence-corrected chi connectivity index (χ0v) is 10.1. The topological polar surface area (TPSA) is 90.4 Å². The summed E-state index contributed by atoms with van der Waals surface area (Å²) < 4.78 is 10.3. The number of ether oxygens (including phenoxy) is 2. The van der Waals surface area contributed by atoms with E-state index in [2.05, 4.69) is 0 Å². The largest absolute Gasteiger partial charge is 0.490 e. The van der Waals surface area contributed by atoms with E-state index in [1.165, 1.54) is 7.11 Å². The van der Waals surface area contributed by atoms with E-state index in [-0.39, 0.29) is 5.75 Å². The second-order valence-electron chi connectivity index (χ2n) is 4.31. The quantitative estimate of drug-likeness (QED) is 0.766. The lowest BCUT2D eigenvalue weighted by atomic mass is 10.2. The second kappa shape index (κ2) is 4.44. The van der Waals surface area contributed by atoms with Crippen molar-refractivity contribution in [1.29, 1.82) is 0 Å². The number of rotatable bonds is 1. The van der Waals surface area contributed by atoms with E-state index in [4.69, 9.17) is 9.47 Å². The molecular formula is C10H14N2O5. The maximum Gasteiger partial charge on any atom is 0.422 e. The number of methoxy groups -OCH3 is 1. The molecule has 0 fully saturated rings. The predicted octanol–water partition coefficient (Wildman–Crippen LogP) is 0.328. The Balaban J connectivity index is 3.19. The normalized spacial score (nSPS) is 11.1. The van der Waals surface area contributed by atoms with Crippen LogP contribution in [0.15, 0.2) is 15.8 Å². The molecule has 0 aliphatic heterocycles. The standard InChI is InChI=1S/C10H14N2O5/c1-10(2,3)17-9(15)12-5-6(16-4)7(13)11-8(12)14/h5H,1-4H3,(H,11,13,14). The highest BCUT2D eigenvalue weighted by atomic mass is 16.6. The molecular weight excluding hydrogens is 228 g/mol. The van der Waals surface area contributed by atoms with Crippen LogP contribution in [-0.4, -0.2) is 28.4 Å². The number of aromatic amines is 1. The van der Waals surface area contributed by atoms with Crippen molar-refractivity contribution in [3.63, 3.8) is 0 Å². The van der Waals surface area contributed by atoms with Crippen LogP contribution in [0.2, 0.25) is 0 Å². The molecule has 0 aromatic carbocycles. The molecule has 1 aromatic heterocycles. The fraction of sp³-hybridized carbons (Fsp3) is 0.500. The van der Waals surface area contributed by atoms with Crippen LogP contribution in [0, 0.1) is 0 Å². The van der Waals surface area contributed by atoms with E-state index in [1.807, 2.05) is 4.98 Å². The van der Waals surface area contributed by atoms with E-state index >= 15 is 0 Å². The molecule has 7 nitrogen and oxygen atoms in total. The van der Waals surface area contributed by atoms with Gasteiger partial charge in [-0.05, 0) is 20.8 Å². The monoisotopic (exact) mass is 242 g/mol. The van der Waals surface area contributed by atoms with Crippen LogP contribution in [0.5, 0.6) is 5.75 Å². The van der Waals surface area contributed by atoms with Gasteiger partial charge in [0, 0.05) is 0 Å². The van der Waals surface area contributed by atoms with Gasteiger partial charge in [0.2, 0.25) is 5.75 Å². The fourth-order valence-electron chi connectivity index (χ4n) is 1.05. The van der Waals surface area contributed by atoms with Crippen LogP contribution in [0.1, 0.15) is 20.8 Å².